The molecule has 0 radical (unpaired) electrons. The largest absolute Gasteiger partial charge is 0.366 e. The molecular formula is C20H27N5O3. The van der Waals surface area contributed by atoms with Gasteiger partial charge in [-0.15, -0.1) is 0 Å². The highest BCUT2D eigenvalue weighted by Gasteiger charge is 2.32. The summed E-state index contributed by atoms with van der Waals surface area (Å²) < 4.78 is 5.78. The molecule has 150 valence electrons. The third-order valence-electron chi connectivity index (χ3n) is 5.60. The van der Waals surface area contributed by atoms with E-state index in [1.54, 1.807) is 6.07 Å². The van der Waals surface area contributed by atoms with E-state index in [1.807, 2.05) is 30.1 Å². The smallest absolute Gasteiger partial charge is 0.258 e. The highest BCUT2D eigenvalue weighted by molar-refractivity contribution is 5.81. The summed E-state index contributed by atoms with van der Waals surface area (Å²) in [5, 5.41) is 3.85. The van der Waals surface area contributed by atoms with Gasteiger partial charge >= 0.3 is 0 Å². The lowest BCUT2D eigenvalue weighted by Crippen LogP contribution is -2.54. The number of nitrogens with one attached hydrogen (secondary N) is 2. The maximum absolute atomic E-state index is 12.9. The molecule has 0 bridgehead atoms. The van der Waals surface area contributed by atoms with Crippen LogP contribution in [0.4, 0.5) is 0 Å². The number of aromatic amines is 1. The summed E-state index contributed by atoms with van der Waals surface area (Å²) in [5.74, 6) is 0.676. The van der Waals surface area contributed by atoms with E-state index in [2.05, 4.69) is 20.2 Å². The number of hydrogen-bond acceptors (Lipinski definition) is 6. The summed E-state index contributed by atoms with van der Waals surface area (Å²) in [4.78, 5) is 36.7. The molecule has 2 aromatic rings. The van der Waals surface area contributed by atoms with E-state index in [1.165, 1.54) is 0 Å². The third-order valence-corrected chi connectivity index (χ3v) is 5.60. The first-order valence-corrected chi connectivity index (χ1v) is 9.92. The molecule has 2 N–H and O–H groups in total. The normalized spacial score (nSPS) is 23.8. The van der Waals surface area contributed by atoms with Crippen LogP contribution in [-0.2, 0) is 16.1 Å². The van der Waals surface area contributed by atoms with Gasteiger partial charge in [0, 0.05) is 32.2 Å². The van der Waals surface area contributed by atoms with Crippen LogP contribution in [0.3, 0.4) is 0 Å². The highest BCUT2D eigenvalue weighted by Crippen LogP contribution is 2.16. The first-order chi connectivity index (χ1) is 13.6. The molecule has 1 aromatic heterocycles. The maximum atomic E-state index is 12.9. The Hall–Kier alpha value is -2.29. The molecule has 0 spiro atoms. The number of aromatic nitrogens is 2. The number of benzene rings is 1. The van der Waals surface area contributed by atoms with E-state index in [4.69, 9.17) is 4.74 Å². The molecule has 0 unspecified atom stereocenters. The summed E-state index contributed by atoms with van der Waals surface area (Å²) >= 11 is 0. The minimum Gasteiger partial charge on any atom is -0.366 e. The van der Waals surface area contributed by atoms with Crippen molar-refractivity contribution in [3.63, 3.8) is 0 Å². The topological polar surface area (TPSA) is 90.6 Å². The van der Waals surface area contributed by atoms with Crippen molar-refractivity contribution in [3.8, 4) is 0 Å². The number of nitrogens with zero attached hydrogens (tertiary/aromatic N) is 3. The number of H-pyrrole nitrogens is 1. The molecule has 0 saturated carbocycles. The van der Waals surface area contributed by atoms with Crippen molar-refractivity contribution in [1.29, 1.82) is 0 Å². The Labute approximate surface area is 163 Å². The Bertz CT molecular complexity index is 899. The molecule has 8 nitrogen and oxygen atoms in total. The van der Waals surface area contributed by atoms with Crippen LogP contribution in [0.2, 0.25) is 0 Å². The van der Waals surface area contributed by atoms with E-state index < -0.39 is 6.10 Å². The summed E-state index contributed by atoms with van der Waals surface area (Å²) in [5.41, 5.74) is 0.557. The Kier molecular flexibility index (Phi) is 5.70. The molecular weight excluding hydrogens is 358 g/mol. The quantitative estimate of drug-likeness (QED) is 0.789. The number of likely N-dealkylation sites (tertiary alicyclic amines) is 1. The van der Waals surface area contributed by atoms with E-state index in [0.29, 0.717) is 49.0 Å². The van der Waals surface area contributed by atoms with E-state index >= 15 is 0 Å². The lowest BCUT2D eigenvalue weighted by molar-refractivity contribution is -0.151. The zero-order valence-electron chi connectivity index (χ0n) is 16.2. The van der Waals surface area contributed by atoms with E-state index in [9.17, 15) is 9.59 Å². The number of ether oxygens (including phenoxy) is 1. The van der Waals surface area contributed by atoms with Crippen molar-refractivity contribution in [1.82, 2.24) is 25.1 Å². The van der Waals surface area contributed by atoms with Crippen LogP contribution in [-0.4, -0.2) is 77.7 Å². The van der Waals surface area contributed by atoms with Crippen molar-refractivity contribution in [2.45, 2.75) is 31.5 Å². The summed E-state index contributed by atoms with van der Waals surface area (Å²) in [6, 6.07) is 7.67. The lowest BCUT2D eigenvalue weighted by atomic mass is 10.0. The second kappa shape index (κ2) is 8.38. The van der Waals surface area contributed by atoms with Gasteiger partial charge in [0.2, 0.25) is 0 Å². The average molecular weight is 385 g/mol. The molecule has 2 atom stereocenters. The number of para-hydroxylation sites is 1. The maximum Gasteiger partial charge on any atom is 0.258 e. The minimum absolute atomic E-state index is 0.0598. The molecule has 4 rings (SSSR count). The number of likely N-dealkylation sites (N-methyl/N-ethyl adjacent to an activating group) is 1. The van der Waals surface area contributed by atoms with Crippen molar-refractivity contribution in [2.24, 2.45) is 0 Å². The molecule has 0 aliphatic carbocycles. The van der Waals surface area contributed by atoms with Crippen LogP contribution in [0.15, 0.2) is 29.1 Å². The predicted molar refractivity (Wildman–Crippen MR) is 106 cm³/mol. The van der Waals surface area contributed by atoms with E-state index in [0.717, 1.165) is 25.9 Å². The lowest BCUT2D eigenvalue weighted by Gasteiger charge is -2.38. The number of hydrogen-bond donors (Lipinski definition) is 2. The van der Waals surface area contributed by atoms with Gasteiger partial charge in [-0.25, -0.2) is 4.98 Å². The first-order valence-electron chi connectivity index (χ1n) is 9.92. The highest BCUT2D eigenvalue weighted by atomic mass is 16.5. The van der Waals surface area contributed by atoms with Gasteiger partial charge in [0.1, 0.15) is 11.9 Å². The van der Waals surface area contributed by atoms with Crippen molar-refractivity contribution in [3.05, 3.63) is 40.4 Å². The monoisotopic (exact) mass is 385 g/mol. The fourth-order valence-electron chi connectivity index (χ4n) is 4.03. The van der Waals surface area contributed by atoms with Gasteiger partial charge < -0.3 is 19.9 Å². The Morgan fingerprint density at radius 1 is 1.32 bits per heavy atom. The number of piperidine rings is 1. The number of morpholine rings is 1. The molecule has 2 aliphatic rings. The van der Waals surface area contributed by atoms with Crippen LogP contribution in [0.25, 0.3) is 10.9 Å². The fourth-order valence-corrected chi connectivity index (χ4v) is 4.03. The zero-order chi connectivity index (χ0) is 19.5. The molecule has 8 heteroatoms. The van der Waals surface area contributed by atoms with Crippen LogP contribution in [0, 0.1) is 0 Å². The first kappa shape index (κ1) is 19.0. The summed E-state index contributed by atoms with van der Waals surface area (Å²) in [6.45, 7) is 3.73. The number of carbonyl (C=O) groups is 1. The van der Waals surface area contributed by atoms with Crippen molar-refractivity contribution < 1.29 is 9.53 Å². The number of rotatable bonds is 4. The number of amides is 1. The van der Waals surface area contributed by atoms with Gasteiger partial charge in [-0.3, -0.25) is 14.5 Å². The minimum atomic E-state index is -0.462. The van der Waals surface area contributed by atoms with E-state index in [-0.39, 0.29) is 11.5 Å². The van der Waals surface area contributed by atoms with Crippen LogP contribution < -0.4 is 10.9 Å². The second-order valence-electron chi connectivity index (χ2n) is 7.54. The Balaban J connectivity index is 1.43. The Morgan fingerprint density at radius 3 is 3.04 bits per heavy atom. The molecule has 2 aliphatic heterocycles. The van der Waals surface area contributed by atoms with Gasteiger partial charge in [0.05, 0.1) is 24.1 Å². The third kappa shape index (κ3) is 4.09. The average Bonchev–Trinajstić information content (AvgIpc) is 2.73. The summed E-state index contributed by atoms with van der Waals surface area (Å²) in [6.07, 6.45) is 1.64. The standard InChI is InChI=1S/C20H27N5O3/c1-21-14-5-4-8-25(11-14)20(27)17-12-24(9-10-28-17)13-18-22-16-7-3-2-6-15(16)19(26)23-18/h2-3,6-7,14,17,21H,4-5,8-13H2,1H3,(H,22,23,26)/t14-,17+/m0/s1. The molecule has 1 aromatic carbocycles. The SMILES string of the molecule is CN[C@H]1CCCN(C(=O)[C@H]2CN(Cc3nc4ccccc4c(=O)[nH]3)CCO2)C1. The molecule has 1 amide bonds. The number of fused-ring (bicyclic) bond motifs is 1. The zero-order valence-corrected chi connectivity index (χ0v) is 16.2. The van der Waals surface area contributed by atoms with Crippen LogP contribution >= 0.6 is 0 Å². The van der Waals surface area contributed by atoms with Crippen LogP contribution in [0.5, 0.6) is 0 Å². The predicted octanol–water partition coefficient (Wildman–Crippen LogP) is 0.334. The fraction of sp³-hybridized carbons (Fsp3) is 0.550. The molecule has 3 heterocycles. The molecule has 2 fully saturated rings. The number of carbonyl (C=O) groups excluding carboxylic acids is 1. The van der Waals surface area contributed by atoms with Gasteiger partial charge in [-0.2, -0.15) is 0 Å². The van der Waals surface area contributed by atoms with Crippen molar-refractivity contribution in [2.75, 3.05) is 39.8 Å². The van der Waals surface area contributed by atoms with Gasteiger partial charge in [0.15, 0.2) is 0 Å². The Morgan fingerprint density at radius 2 is 2.18 bits per heavy atom. The van der Waals surface area contributed by atoms with Gasteiger partial charge in [0.25, 0.3) is 11.5 Å². The van der Waals surface area contributed by atoms with Crippen molar-refractivity contribution >= 4 is 16.8 Å². The summed E-state index contributed by atoms with van der Waals surface area (Å²) in [7, 11) is 1.94. The van der Waals surface area contributed by atoms with Gasteiger partial charge in [-0.05, 0) is 32.0 Å². The second-order valence-corrected chi connectivity index (χ2v) is 7.54. The molecule has 28 heavy (non-hydrogen) atoms. The van der Waals surface area contributed by atoms with Gasteiger partial charge in [-0.1, -0.05) is 12.1 Å². The van der Waals surface area contributed by atoms with Crippen LogP contribution in [0.1, 0.15) is 18.7 Å². The molecule has 2 saturated heterocycles.